The first kappa shape index (κ1) is 13.7. The van der Waals surface area contributed by atoms with Crippen LogP contribution in [-0.4, -0.2) is 27.2 Å². The molecule has 2 rings (SSSR count). The molecule has 1 atom stereocenters. The molecule has 0 amide bonds. The molecule has 0 aliphatic heterocycles. The van der Waals surface area contributed by atoms with Gasteiger partial charge in [0.2, 0.25) is 5.56 Å². The predicted octanol–water partition coefficient (Wildman–Crippen LogP) is 1.34. The number of H-pyrrole nitrogens is 1. The fraction of sp³-hybridized carbons (Fsp3) is 0.429. The van der Waals surface area contributed by atoms with E-state index in [1.54, 1.807) is 18.3 Å². The quantitative estimate of drug-likeness (QED) is 0.779. The molecule has 2 aromatic heterocycles. The third kappa shape index (κ3) is 3.39. The fourth-order valence-electron chi connectivity index (χ4n) is 1.87. The van der Waals surface area contributed by atoms with Crippen molar-refractivity contribution in [1.82, 2.24) is 15.3 Å². The zero-order chi connectivity index (χ0) is 14.0. The molecule has 2 heterocycles. The molecule has 0 saturated heterocycles. The first-order valence-corrected chi connectivity index (χ1v) is 6.28. The standard InChI is InChI=1S/C14H19N3O2/c1-14(2,3)16-8-11(18)13-9-4-5-12(19)17-10(9)6-7-15-13/h4-7,11,16,18H,8H2,1-3H3,(H,17,19). The number of pyridine rings is 2. The number of aromatic nitrogens is 2. The lowest BCUT2D eigenvalue weighted by molar-refractivity contribution is 0.160. The molecule has 0 saturated carbocycles. The van der Waals surface area contributed by atoms with E-state index in [0.29, 0.717) is 17.8 Å². The van der Waals surface area contributed by atoms with Crippen molar-refractivity contribution in [2.75, 3.05) is 6.54 Å². The van der Waals surface area contributed by atoms with Crippen LogP contribution in [0.15, 0.2) is 29.2 Å². The number of aromatic amines is 1. The fourth-order valence-corrected chi connectivity index (χ4v) is 1.87. The summed E-state index contributed by atoms with van der Waals surface area (Å²) in [5.74, 6) is 0. The molecule has 0 spiro atoms. The summed E-state index contributed by atoms with van der Waals surface area (Å²) in [5.41, 5.74) is 1.03. The van der Waals surface area contributed by atoms with Gasteiger partial charge in [0.1, 0.15) is 6.10 Å². The Morgan fingerprint density at radius 3 is 2.79 bits per heavy atom. The largest absolute Gasteiger partial charge is 0.385 e. The lowest BCUT2D eigenvalue weighted by Gasteiger charge is -2.23. The van der Waals surface area contributed by atoms with Crippen LogP contribution in [0.3, 0.4) is 0 Å². The first-order chi connectivity index (χ1) is 8.87. The molecule has 102 valence electrons. The minimum Gasteiger partial charge on any atom is -0.385 e. The monoisotopic (exact) mass is 261 g/mol. The maximum absolute atomic E-state index is 11.3. The SMILES string of the molecule is CC(C)(C)NCC(O)c1nccc2[nH]c(=O)ccc12. The van der Waals surface area contributed by atoms with Gasteiger partial charge in [0.05, 0.1) is 11.2 Å². The topological polar surface area (TPSA) is 78.0 Å². The predicted molar refractivity (Wildman–Crippen MR) is 75.1 cm³/mol. The van der Waals surface area contributed by atoms with Crippen molar-refractivity contribution < 1.29 is 5.11 Å². The first-order valence-electron chi connectivity index (χ1n) is 6.28. The number of aliphatic hydroxyl groups excluding tert-OH is 1. The Balaban J connectivity index is 2.32. The van der Waals surface area contributed by atoms with Gasteiger partial charge in [-0.05, 0) is 32.9 Å². The van der Waals surface area contributed by atoms with E-state index >= 15 is 0 Å². The van der Waals surface area contributed by atoms with E-state index in [1.807, 2.05) is 20.8 Å². The van der Waals surface area contributed by atoms with Crippen LogP contribution in [0.5, 0.6) is 0 Å². The number of hydrogen-bond donors (Lipinski definition) is 3. The third-order valence-electron chi connectivity index (χ3n) is 2.82. The Morgan fingerprint density at radius 1 is 1.37 bits per heavy atom. The number of fused-ring (bicyclic) bond motifs is 1. The molecule has 5 nitrogen and oxygen atoms in total. The molecule has 3 N–H and O–H groups in total. The van der Waals surface area contributed by atoms with Gasteiger partial charge in [0, 0.05) is 29.7 Å². The zero-order valence-corrected chi connectivity index (χ0v) is 11.4. The van der Waals surface area contributed by atoms with E-state index in [-0.39, 0.29) is 11.1 Å². The van der Waals surface area contributed by atoms with E-state index in [4.69, 9.17) is 0 Å². The van der Waals surface area contributed by atoms with Crippen molar-refractivity contribution in [3.8, 4) is 0 Å². The number of nitrogens with zero attached hydrogens (tertiary/aromatic N) is 1. The maximum atomic E-state index is 11.3. The Morgan fingerprint density at radius 2 is 2.11 bits per heavy atom. The molecule has 1 unspecified atom stereocenters. The van der Waals surface area contributed by atoms with Crippen molar-refractivity contribution in [2.24, 2.45) is 0 Å². The van der Waals surface area contributed by atoms with Gasteiger partial charge >= 0.3 is 0 Å². The highest BCUT2D eigenvalue weighted by Crippen LogP contribution is 2.19. The van der Waals surface area contributed by atoms with Crippen molar-refractivity contribution in [1.29, 1.82) is 0 Å². The van der Waals surface area contributed by atoms with E-state index in [0.717, 1.165) is 5.39 Å². The normalized spacial score (nSPS) is 13.7. The third-order valence-corrected chi connectivity index (χ3v) is 2.82. The van der Waals surface area contributed by atoms with Gasteiger partial charge < -0.3 is 15.4 Å². The summed E-state index contributed by atoms with van der Waals surface area (Å²) in [6, 6.07) is 4.86. The molecular weight excluding hydrogens is 242 g/mol. The Labute approximate surface area is 111 Å². The average Bonchev–Trinajstić information content (AvgIpc) is 2.34. The van der Waals surface area contributed by atoms with Gasteiger partial charge in [0.25, 0.3) is 0 Å². The Bertz CT molecular complexity index is 628. The zero-order valence-electron chi connectivity index (χ0n) is 11.4. The van der Waals surface area contributed by atoms with Crippen LogP contribution in [0, 0.1) is 0 Å². The average molecular weight is 261 g/mol. The maximum Gasteiger partial charge on any atom is 0.248 e. The molecule has 0 aromatic carbocycles. The summed E-state index contributed by atoms with van der Waals surface area (Å²) in [6.07, 6.45) is 0.877. The van der Waals surface area contributed by atoms with Gasteiger partial charge in [-0.1, -0.05) is 0 Å². The molecule has 0 aliphatic rings. The highest BCUT2D eigenvalue weighted by molar-refractivity contribution is 5.80. The summed E-state index contributed by atoms with van der Waals surface area (Å²) >= 11 is 0. The molecular formula is C14H19N3O2. The number of nitrogens with one attached hydrogen (secondary N) is 2. The second kappa shape index (κ2) is 5.11. The summed E-state index contributed by atoms with van der Waals surface area (Å²) in [4.78, 5) is 18.2. The van der Waals surface area contributed by atoms with E-state index in [2.05, 4.69) is 15.3 Å². The van der Waals surface area contributed by atoms with E-state index in [1.165, 1.54) is 6.07 Å². The summed E-state index contributed by atoms with van der Waals surface area (Å²) < 4.78 is 0. The summed E-state index contributed by atoms with van der Waals surface area (Å²) in [6.45, 7) is 6.52. The number of aliphatic hydroxyl groups is 1. The second-order valence-corrected chi connectivity index (χ2v) is 5.63. The molecule has 19 heavy (non-hydrogen) atoms. The van der Waals surface area contributed by atoms with Crippen LogP contribution < -0.4 is 10.9 Å². The van der Waals surface area contributed by atoms with Gasteiger partial charge in [-0.15, -0.1) is 0 Å². The van der Waals surface area contributed by atoms with Crippen molar-refractivity contribution in [3.63, 3.8) is 0 Å². The van der Waals surface area contributed by atoms with Gasteiger partial charge in [0.15, 0.2) is 0 Å². The number of hydrogen-bond acceptors (Lipinski definition) is 4. The van der Waals surface area contributed by atoms with Crippen molar-refractivity contribution in [3.05, 3.63) is 40.4 Å². The highest BCUT2D eigenvalue weighted by atomic mass is 16.3. The van der Waals surface area contributed by atoms with Crippen molar-refractivity contribution in [2.45, 2.75) is 32.4 Å². The lowest BCUT2D eigenvalue weighted by Crippen LogP contribution is -2.38. The van der Waals surface area contributed by atoms with E-state index in [9.17, 15) is 9.90 Å². The van der Waals surface area contributed by atoms with Gasteiger partial charge in [-0.25, -0.2) is 0 Å². The highest BCUT2D eigenvalue weighted by Gasteiger charge is 2.16. The van der Waals surface area contributed by atoms with Gasteiger partial charge in [-0.3, -0.25) is 9.78 Å². The van der Waals surface area contributed by atoms with Crippen LogP contribution in [0.1, 0.15) is 32.6 Å². The molecule has 0 bridgehead atoms. The molecule has 2 aromatic rings. The summed E-state index contributed by atoms with van der Waals surface area (Å²) in [7, 11) is 0. The van der Waals surface area contributed by atoms with Crippen molar-refractivity contribution >= 4 is 10.9 Å². The number of β-amino-alcohol motifs (C(OH)–C–C–N with tert-alkyl or cyclic N) is 1. The van der Waals surface area contributed by atoms with E-state index < -0.39 is 6.10 Å². The minimum absolute atomic E-state index is 0.0696. The molecule has 0 aliphatic carbocycles. The summed E-state index contributed by atoms with van der Waals surface area (Å²) in [5, 5.41) is 14.2. The second-order valence-electron chi connectivity index (χ2n) is 5.63. The van der Waals surface area contributed by atoms with Gasteiger partial charge in [-0.2, -0.15) is 0 Å². The smallest absolute Gasteiger partial charge is 0.248 e. The van der Waals surface area contributed by atoms with Crippen LogP contribution in [0.25, 0.3) is 10.9 Å². The Hall–Kier alpha value is -1.72. The molecule has 5 heteroatoms. The van der Waals surface area contributed by atoms with Crippen LogP contribution >= 0.6 is 0 Å². The number of rotatable bonds is 3. The lowest BCUT2D eigenvalue weighted by atomic mass is 10.1. The van der Waals surface area contributed by atoms with Crippen LogP contribution in [-0.2, 0) is 0 Å². The molecule has 0 radical (unpaired) electrons. The minimum atomic E-state index is -0.714. The Kier molecular flexibility index (Phi) is 3.68. The van der Waals surface area contributed by atoms with Crippen LogP contribution in [0.2, 0.25) is 0 Å². The molecule has 0 fully saturated rings. The van der Waals surface area contributed by atoms with Crippen LogP contribution in [0.4, 0.5) is 0 Å².